The summed E-state index contributed by atoms with van der Waals surface area (Å²) in [7, 11) is 1.79. The van der Waals surface area contributed by atoms with Crippen molar-refractivity contribution in [2.24, 2.45) is 12.1 Å². The van der Waals surface area contributed by atoms with E-state index in [1.807, 2.05) is 0 Å². The minimum atomic E-state index is -4.45. The molecule has 2 aromatic carbocycles. The van der Waals surface area contributed by atoms with E-state index in [1.54, 1.807) is 43.3 Å². The highest BCUT2D eigenvalue weighted by Gasteiger charge is 2.30. The second kappa shape index (κ2) is 7.90. The highest BCUT2D eigenvalue weighted by Crippen LogP contribution is 2.31. The van der Waals surface area contributed by atoms with Gasteiger partial charge in [0.05, 0.1) is 12.6 Å². The van der Waals surface area contributed by atoms with Gasteiger partial charge in [0.1, 0.15) is 12.0 Å². The van der Waals surface area contributed by atoms with Gasteiger partial charge < -0.3 is 5.11 Å². The van der Waals surface area contributed by atoms with Crippen molar-refractivity contribution >= 4 is 12.0 Å². The fourth-order valence-electron chi connectivity index (χ4n) is 2.69. The molecule has 0 amide bonds. The van der Waals surface area contributed by atoms with Gasteiger partial charge >= 0.3 is 6.18 Å². The van der Waals surface area contributed by atoms with Gasteiger partial charge in [-0.15, -0.1) is 4.68 Å². The van der Waals surface area contributed by atoms with Crippen molar-refractivity contribution in [2.45, 2.75) is 13.1 Å². The van der Waals surface area contributed by atoms with Gasteiger partial charge in [-0.1, -0.05) is 35.4 Å². The average molecular weight is 403 g/mol. The molecular weight excluding hydrogens is 386 g/mol. The monoisotopic (exact) mass is 403 g/mol. The first kappa shape index (κ1) is 20.3. The van der Waals surface area contributed by atoms with Gasteiger partial charge in [0.2, 0.25) is 0 Å². The van der Waals surface area contributed by atoms with Crippen LogP contribution in [0.2, 0.25) is 0 Å². The van der Waals surface area contributed by atoms with E-state index in [0.717, 1.165) is 12.1 Å². The molecule has 0 unspecified atom stereocenters. The quantitative estimate of drug-likeness (QED) is 0.283. The van der Waals surface area contributed by atoms with Crippen LogP contribution in [0, 0.1) is 5.82 Å². The van der Waals surface area contributed by atoms with Gasteiger partial charge in [0.25, 0.3) is 6.33 Å². The van der Waals surface area contributed by atoms with Gasteiger partial charge in [-0.05, 0) is 41.8 Å². The molecule has 4 nitrogen and oxygen atoms in total. The number of aryl methyl sites for hydroxylation is 1. The summed E-state index contributed by atoms with van der Waals surface area (Å²) in [5.74, 6) is -1.08. The lowest BCUT2D eigenvalue weighted by Gasteiger charge is -2.10. The number of hydrogen-bond donors (Lipinski definition) is 0. The molecule has 3 rings (SSSR count). The maximum atomic E-state index is 14.5. The molecule has 150 valence electrons. The summed E-state index contributed by atoms with van der Waals surface area (Å²) in [4.78, 5) is 0. The Balaban J connectivity index is 1.83. The molecule has 0 aliphatic carbocycles. The lowest BCUT2D eigenvalue weighted by molar-refractivity contribution is -0.671. The summed E-state index contributed by atoms with van der Waals surface area (Å²) in [5.41, 5.74) is 0.453. The summed E-state index contributed by atoms with van der Waals surface area (Å²) < 4.78 is 55.6. The van der Waals surface area contributed by atoms with E-state index >= 15 is 0 Å². The number of hydrogen-bond acceptors (Lipinski definition) is 2. The van der Waals surface area contributed by atoms with Crippen molar-refractivity contribution in [1.82, 2.24) is 4.68 Å². The molecule has 0 spiro atoms. The SMILES string of the molecule is C/C(=C\c1ccc(-c2ccc(C(F)(F)F)cc2)c(F)c1)C([O-])=Nn1cc[n+](C)c1. The zero-order valence-corrected chi connectivity index (χ0v) is 15.6. The molecule has 1 aromatic heterocycles. The molecule has 8 heteroatoms. The fraction of sp³-hybridized carbons (Fsp3) is 0.143. The fourth-order valence-corrected chi connectivity index (χ4v) is 2.69. The van der Waals surface area contributed by atoms with Crippen molar-refractivity contribution in [2.75, 3.05) is 0 Å². The standard InChI is InChI=1S/C21H17F4N3O/c1-14(20(29)26-28-10-9-27(2)13-28)11-15-3-8-18(19(22)12-15)16-4-6-17(7-5-16)21(23,24)25/h3-13H,1-2H3/b14-11+. The van der Waals surface area contributed by atoms with E-state index in [9.17, 15) is 22.7 Å². The second-order valence-electron chi connectivity index (χ2n) is 6.51. The Morgan fingerprint density at radius 2 is 1.83 bits per heavy atom. The molecular formula is C21H17F4N3O. The molecule has 3 aromatic rings. The molecule has 0 aliphatic rings. The van der Waals surface area contributed by atoms with E-state index in [0.29, 0.717) is 16.7 Å². The van der Waals surface area contributed by atoms with E-state index < -0.39 is 23.5 Å². The Morgan fingerprint density at radius 1 is 1.14 bits per heavy atom. The molecule has 0 aliphatic heterocycles. The Morgan fingerprint density at radius 3 is 2.38 bits per heavy atom. The van der Waals surface area contributed by atoms with Gasteiger partial charge in [-0.3, -0.25) is 0 Å². The maximum Gasteiger partial charge on any atom is 0.416 e. The van der Waals surface area contributed by atoms with Crippen molar-refractivity contribution in [3.63, 3.8) is 0 Å². The first-order chi connectivity index (χ1) is 13.6. The molecule has 0 saturated heterocycles. The Kier molecular flexibility index (Phi) is 5.54. The van der Waals surface area contributed by atoms with Crippen LogP contribution in [0.1, 0.15) is 18.1 Å². The van der Waals surface area contributed by atoms with Gasteiger partial charge in [0.15, 0.2) is 6.20 Å². The third-order valence-electron chi connectivity index (χ3n) is 4.20. The van der Waals surface area contributed by atoms with Crippen LogP contribution in [-0.4, -0.2) is 10.6 Å². The summed E-state index contributed by atoms with van der Waals surface area (Å²) in [5, 5.41) is 16.1. The van der Waals surface area contributed by atoms with Crippen LogP contribution in [0.3, 0.4) is 0 Å². The largest absolute Gasteiger partial charge is 0.856 e. The minimum Gasteiger partial charge on any atom is -0.856 e. The Labute approximate surface area is 164 Å². The summed E-state index contributed by atoms with van der Waals surface area (Å²) in [6, 6.07) is 8.54. The van der Waals surface area contributed by atoms with Crippen LogP contribution in [0.5, 0.6) is 0 Å². The molecule has 1 heterocycles. The third kappa shape index (κ3) is 4.90. The summed E-state index contributed by atoms with van der Waals surface area (Å²) in [6.07, 6.45) is 2.01. The Hall–Kier alpha value is -3.42. The lowest BCUT2D eigenvalue weighted by Crippen LogP contribution is -2.24. The molecule has 0 saturated carbocycles. The van der Waals surface area contributed by atoms with Crippen LogP contribution in [0.15, 0.2) is 71.9 Å². The molecule has 0 N–H and O–H groups in total. The second-order valence-corrected chi connectivity index (χ2v) is 6.51. The first-order valence-corrected chi connectivity index (χ1v) is 8.58. The van der Waals surface area contributed by atoms with Crippen LogP contribution >= 0.6 is 0 Å². The van der Waals surface area contributed by atoms with Crippen LogP contribution < -0.4 is 9.67 Å². The third-order valence-corrected chi connectivity index (χ3v) is 4.20. The van der Waals surface area contributed by atoms with E-state index in [-0.39, 0.29) is 5.56 Å². The van der Waals surface area contributed by atoms with E-state index in [4.69, 9.17) is 0 Å². The van der Waals surface area contributed by atoms with Crippen LogP contribution in [0.4, 0.5) is 17.6 Å². The zero-order valence-electron chi connectivity index (χ0n) is 15.6. The summed E-state index contributed by atoms with van der Waals surface area (Å²) >= 11 is 0. The zero-order chi connectivity index (χ0) is 21.2. The normalized spacial score (nSPS) is 13.0. The van der Waals surface area contributed by atoms with Crippen molar-refractivity contribution in [3.8, 4) is 11.1 Å². The Bertz CT molecular complexity index is 1080. The van der Waals surface area contributed by atoms with Crippen LogP contribution in [-0.2, 0) is 13.2 Å². The molecule has 0 radical (unpaired) electrons. The van der Waals surface area contributed by atoms with Gasteiger partial charge in [-0.2, -0.15) is 13.2 Å². The number of nitrogens with zero attached hydrogens (tertiary/aromatic N) is 3. The highest BCUT2D eigenvalue weighted by atomic mass is 19.4. The van der Waals surface area contributed by atoms with Gasteiger partial charge in [-0.25, -0.2) is 8.96 Å². The topological polar surface area (TPSA) is 44.2 Å². The smallest absolute Gasteiger partial charge is 0.416 e. The molecule has 0 bridgehead atoms. The van der Waals surface area contributed by atoms with E-state index in [1.165, 1.54) is 35.0 Å². The predicted molar refractivity (Wildman–Crippen MR) is 98.9 cm³/mol. The van der Waals surface area contributed by atoms with Crippen molar-refractivity contribution in [1.29, 1.82) is 0 Å². The number of benzene rings is 2. The van der Waals surface area contributed by atoms with Crippen LogP contribution in [0.25, 0.3) is 17.2 Å². The average Bonchev–Trinajstić information content (AvgIpc) is 3.06. The lowest BCUT2D eigenvalue weighted by atomic mass is 10.0. The van der Waals surface area contributed by atoms with Crippen molar-refractivity contribution in [3.05, 3.63) is 83.7 Å². The first-order valence-electron chi connectivity index (χ1n) is 8.58. The van der Waals surface area contributed by atoms with E-state index in [2.05, 4.69) is 5.10 Å². The number of aromatic nitrogens is 2. The highest BCUT2D eigenvalue weighted by molar-refractivity contribution is 5.94. The number of alkyl halides is 3. The van der Waals surface area contributed by atoms with Crippen molar-refractivity contribution < 1.29 is 27.2 Å². The summed E-state index contributed by atoms with van der Waals surface area (Å²) in [6.45, 7) is 1.57. The molecule has 0 fully saturated rings. The minimum absolute atomic E-state index is 0.171. The number of rotatable bonds is 4. The number of imidazole rings is 1. The molecule has 29 heavy (non-hydrogen) atoms. The maximum absolute atomic E-state index is 14.5. The number of halogens is 4. The predicted octanol–water partition coefficient (Wildman–Crippen LogP) is 3.76. The molecule has 0 atom stereocenters. The van der Waals surface area contributed by atoms with Gasteiger partial charge in [0, 0.05) is 11.5 Å².